The number of halogens is 2. The van der Waals surface area contributed by atoms with Gasteiger partial charge in [-0.3, -0.25) is 9.69 Å². The van der Waals surface area contributed by atoms with E-state index in [0.29, 0.717) is 5.56 Å². The fourth-order valence-corrected chi connectivity index (χ4v) is 3.96. The van der Waals surface area contributed by atoms with Crippen LogP contribution < -0.4 is 4.90 Å². The van der Waals surface area contributed by atoms with E-state index in [1.165, 1.54) is 0 Å². The summed E-state index contributed by atoms with van der Waals surface area (Å²) in [5.41, 5.74) is 2.35. The summed E-state index contributed by atoms with van der Waals surface area (Å²) in [4.78, 5) is 14.3. The van der Waals surface area contributed by atoms with Crippen molar-refractivity contribution < 1.29 is 4.79 Å². The molecule has 0 bridgehead atoms. The minimum Gasteiger partial charge on any atom is -0.290 e. The highest BCUT2D eigenvalue weighted by molar-refractivity contribution is 9.12. The summed E-state index contributed by atoms with van der Waals surface area (Å²) in [7, 11) is 0. The van der Waals surface area contributed by atoms with Crippen molar-refractivity contribution in [3.05, 3.63) is 65.7 Å². The smallest absolute Gasteiger partial charge is 0.259 e. The van der Waals surface area contributed by atoms with E-state index in [1.54, 1.807) is 17.0 Å². The Balaban J connectivity index is 2.14. The first-order valence-corrected chi connectivity index (χ1v) is 8.63. The normalized spacial score (nSPS) is 23.5. The molecule has 0 aliphatic carbocycles. The Morgan fingerprint density at radius 1 is 1.05 bits per heavy atom. The number of nitrogens with zero attached hydrogens (tertiary/aromatic N) is 2. The van der Waals surface area contributed by atoms with Crippen molar-refractivity contribution in [3.63, 3.8) is 0 Å². The van der Waals surface area contributed by atoms with Crippen LogP contribution in [-0.2, 0) is 0 Å². The van der Waals surface area contributed by atoms with Gasteiger partial charge < -0.3 is 0 Å². The van der Waals surface area contributed by atoms with Gasteiger partial charge in [-0.2, -0.15) is 5.26 Å². The highest BCUT2D eigenvalue weighted by atomic mass is 79.9. The fraction of sp³-hybridized carbons (Fsp3) is 0.176. The summed E-state index contributed by atoms with van der Waals surface area (Å²) < 4.78 is 0. The lowest BCUT2D eigenvalue weighted by Gasteiger charge is -2.39. The molecule has 1 amide bonds. The van der Waals surface area contributed by atoms with Crippen molar-refractivity contribution in [2.24, 2.45) is 0 Å². The number of carbonyl (C=O) groups is 1. The Labute approximate surface area is 145 Å². The second-order valence-corrected chi connectivity index (χ2v) is 7.06. The molecule has 0 fully saturated rings. The van der Waals surface area contributed by atoms with Crippen LogP contribution in [0.2, 0.25) is 0 Å². The third-order valence-corrected chi connectivity index (χ3v) is 6.53. The molecule has 0 unspecified atom stereocenters. The Morgan fingerprint density at radius 2 is 1.68 bits per heavy atom. The minimum absolute atomic E-state index is 0.0202. The lowest BCUT2D eigenvalue weighted by molar-refractivity contribution is 0.0979. The second kappa shape index (κ2) is 6.23. The van der Waals surface area contributed by atoms with Gasteiger partial charge in [-0.05, 0) is 23.8 Å². The third kappa shape index (κ3) is 2.47. The average Bonchev–Trinajstić information content (AvgIpc) is 2.58. The maximum absolute atomic E-state index is 12.9. The van der Waals surface area contributed by atoms with Gasteiger partial charge in [-0.1, -0.05) is 68.3 Å². The summed E-state index contributed by atoms with van der Waals surface area (Å²) >= 11 is 7.20. The molecule has 0 radical (unpaired) electrons. The standard InChI is InChI=1S/C17H12Br2N2O/c18-15-12-8-4-5-9-13(12)21(14(10-20)16(15)19)17(22)11-6-2-1-3-7-11/h1-9,14-16H/t14-,15-,16+/m1/s1. The van der Waals surface area contributed by atoms with Crippen LogP contribution in [0.3, 0.4) is 0 Å². The molecule has 3 rings (SSSR count). The molecule has 0 aromatic heterocycles. The molecule has 110 valence electrons. The summed E-state index contributed by atoms with van der Waals surface area (Å²) in [6, 6.07) is 18.4. The van der Waals surface area contributed by atoms with Crippen molar-refractivity contribution in [2.45, 2.75) is 15.7 Å². The van der Waals surface area contributed by atoms with Gasteiger partial charge in [-0.15, -0.1) is 0 Å². The van der Waals surface area contributed by atoms with Gasteiger partial charge >= 0.3 is 0 Å². The van der Waals surface area contributed by atoms with E-state index in [4.69, 9.17) is 0 Å². The first-order chi connectivity index (χ1) is 10.6. The van der Waals surface area contributed by atoms with Crippen molar-refractivity contribution >= 4 is 43.5 Å². The van der Waals surface area contributed by atoms with Crippen LogP contribution in [0.15, 0.2) is 54.6 Å². The molecule has 3 atom stereocenters. The van der Waals surface area contributed by atoms with E-state index in [1.807, 2.05) is 42.5 Å². The van der Waals surface area contributed by atoms with Crippen LogP contribution >= 0.6 is 31.9 Å². The predicted octanol–water partition coefficient (Wildman–Crippen LogP) is 4.44. The van der Waals surface area contributed by atoms with Crippen LogP contribution in [0.25, 0.3) is 0 Å². The molecule has 5 heteroatoms. The van der Waals surface area contributed by atoms with Gasteiger partial charge in [0.15, 0.2) is 0 Å². The lowest BCUT2D eigenvalue weighted by Crippen LogP contribution is -2.49. The molecule has 1 aliphatic heterocycles. The average molecular weight is 420 g/mol. The number of hydrogen-bond acceptors (Lipinski definition) is 2. The van der Waals surface area contributed by atoms with Gasteiger partial charge in [0.05, 0.1) is 15.7 Å². The quantitative estimate of drug-likeness (QED) is 0.641. The first kappa shape index (κ1) is 15.3. The Morgan fingerprint density at radius 3 is 2.36 bits per heavy atom. The van der Waals surface area contributed by atoms with E-state index >= 15 is 0 Å². The van der Waals surface area contributed by atoms with E-state index in [2.05, 4.69) is 37.9 Å². The van der Waals surface area contributed by atoms with Crippen molar-refractivity contribution in [2.75, 3.05) is 4.90 Å². The molecule has 0 spiro atoms. The molecule has 22 heavy (non-hydrogen) atoms. The van der Waals surface area contributed by atoms with Crippen LogP contribution in [0.1, 0.15) is 20.7 Å². The minimum atomic E-state index is -0.577. The molecule has 2 aromatic carbocycles. The number of anilines is 1. The molecule has 0 saturated carbocycles. The number of alkyl halides is 2. The summed E-state index contributed by atoms with van der Waals surface area (Å²) in [6.07, 6.45) is 0. The Bertz CT molecular complexity index is 742. The topological polar surface area (TPSA) is 44.1 Å². The maximum atomic E-state index is 12.9. The van der Waals surface area contributed by atoms with Gasteiger partial charge in [0.2, 0.25) is 0 Å². The van der Waals surface area contributed by atoms with Crippen LogP contribution in [0, 0.1) is 11.3 Å². The van der Waals surface area contributed by atoms with E-state index in [0.717, 1.165) is 11.3 Å². The first-order valence-electron chi connectivity index (χ1n) is 6.80. The van der Waals surface area contributed by atoms with E-state index < -0.39 is 6.04 Å². The molecule has 3 nitrogen and oxygen atoms in total. The lowest BCUT2D eigenvalue weighted by atomic mass is 9.95. The van der Waals surface area contributed by atoms with Gasteiger partial charge in [-0.25, -0.2) is 0 Å². The molecule has 1 aliphatic rings. The number of fused-ring (bicyclic) bond motifs is 1. The van der Waals surface area contributed by atoms with Crippen molar-refractivity contribution in [1.82, 2.24) is 0 Å². The van der Waals surface area contributed by atoms with Crippen LogP contribution in [-0.4, -0.2) is 16.8 Å². The number of amides is 1. The summed E-state index contributed by atoms with van der Waals surface area (Å²) in [5, 5.41) is 9.58. The number of rotatable bonds is 1. The Hall–Kier alpha value is -1.64. The molecule has 0 N–H and O–H groups in total. The van der Waals surface area contributed by atoms with E-state index in [-0.39, 0.29) is 15.6 Å². The monoisotopic (exact) mass is 418 g/mol. The Kier molecular flexibility index (Phi) is 4.32. The third-order valence-electron chi connectivity index (χ3n) is 3.72. The van der Waals surface area contributed by atoms with Crippen molar-refractivity contribution in [3.8, 4) is 6.07 Å². The summed E-state index contributed by atoms with van der Waals surface area (Å²) in [6.45, 7) is 0. The highest BCUT2D eigenvalue weighted by Gasteiger charge is 2.41. The van der Waals surface area contributed by atoms with Crippen molar-refractivity contribution in [1.29, 1.82) is 5.26 Å². The fourth-order valence-electron chi connectivity index (χ4n) is 2.65. The summed E-state index contributed by atoms with van der Waals surface area (Å²) in [5.74, 6) is -0.163. The zero-order valence-electron chi connectivity index (χ0n) is 11.5. The molecule has 0 saturated heterocycles. The zero-order valence-corrected chi connectivity index (χ0v) is 14.7. The second-order valence-electron chi connectivity index (χ2n) is 5.02. The molecule has 2 aromatic rings. The number of benzene rings is 2. The number of nitriles is 1. The SMILES string of the molecule is N#C[C@@H]1[C@H](Br)[C@H](Br)c2ccccc2N1C(=O)c1ccccc1. The maximum Gasteiger partial charge on any atom is 0.259 e. The number of hydrogen-bond donors (Lipinski definition) is 0. The number of carbonyl (C=O) groups excluding carboxylic acids is 1. The number of para-hydroxylation sites is 1. The van der Waals surface area contributed by atoms with Gasteiger partial charge in [0.25, 0.3) is 5.91 Å². The van der Waals surface area contributed by atoms with Gasteiger partial charge in [0, 0.05) is 11.3 Å². The highest BCUT2D eigenvalue weighted by Crippen LogP contribution is 2.45. The molecular weight excluding hydrogens is 408 g/mol. The van der Waals surface area contributed by atoms with E-state index in [9.17, 15) is 10.1 Å². The molecular formula is C17H12Br2N2O. The predicted molar refractivity (Wildman–Crippen MR) is 93.5 cm³/mol. The molecule has 1 heterocycles. The van der Waals surface area contributed by atoms with Gasteiger partial charge in [0.1, 0.15) is 6.04 Å². The van der Waals surface area contributed by atoms with Crippen LogP contribution in [0.4, 0.5) is 5.69 Å². The van der Waals surface area contributed by atoms with Crippen LogP contribution in [0.5, 0.6) is 0 Å². The zero-order chi connectivity index (χ0) is 15.7. The largest absolute Gasteiger partial charge is 0.290 e.